The topological polar surface area (TPSA) is 98.1 Å². The normalized spacial score (nSPS) is 21.8. The second-order valence-corrected chi connectivity index (χ2v) is 10.5. The van der Waals surface area contributed by atoms with Crippen molar-refractivity contribution in [2.24, 2.45) is 0 Å². The number of hydrogen-bond donors (Lipinski definition) is 0. The Morgan fingerprint density at radius 2 is 1.93 bits per heavy atom. The molecule has 2 aromatic rings. The number of sulfone groups is 1. The molecule has 1 aromatic carbocycles. The lowest BCUT2D eigenvalue weighted by molar-refractivity contribution is -0.116. The van der Waals surface area contributed by atoms with Gasteiger partial charge in [0.15, 0.2) is 9.84 Å². The van der Waals surface area contributed by atoms with Crippen LogP contribution in [-0.4, -0.2) is 57.8 Å². The first kappa shape index (κ1) is 19.4. The molecule has 0 unspecified atom stereocenters. The molecule has 150 valence electrons. The van der Waals surface area contributed by atoms with Crippen molar-refractivity contribution in [2.45, 2.75) is 49.3 Å². The third-order valence-electron chi connectivity index (χ3n) is 5.33. The van der Waals surface area contributed by atoms with Crippen LogP contribution in [-0.2, 0) is 14.6 Å². The van der Waals surface area contributed by atoms with E-state index >= 15 is 0 Å². The molecule has 2 aliphatic rings. The maximum atomic E-state index is 13.1. The highest BCUT2D eigenvalue weighted by Gasteiger charge is 2.35. The van der Waals surface area contributed by atoms with Crippen LogP contribution in [0.5, 0.6) is 0 Å². The summed E-state index contributed by atoms with van der Waals surface area (Å²) >= 11 is 1.32. The molecule has 1 aliphatic carbocycles. The van der Waals surface area contributed by atoms with Gasteiger partial charge in [-0.1, -0.05) is 42.8 Å². The first-order valence-electron chi connectivity index (χ1n) is 9.52. The molecule has 2 heterocycles. The van der Waals surface area contributed by atoms with Crippen molar-refractivity contribution in [1.82, 2.24) is 20.2 Å². The van der Waals surface area contributed by atoms with E-state index in [1.165, 1.54) is 24.6 Å². The highest BCUT2D eigenvalue weighted by molar-refractivity contribution is 7.99. The van der Waals surface area contributed by atoms with Gasteiger partial charge in [0, 0.05) is 5.69 Å². The average Bonchev–Trinajstić information content (AvgIpc) is 3.41. The van der Waals surface area contributed by atoms with Crippen molar-refractivity contribution in [2.75, 3.05) is 22.2 Å². The number of aromatic nitrogens is 4. The predicted octanol–water partition coefficient (Wildman–Crippen LogP) is 2.10. The van der Waals surface area contributed by atoms with Gasteiger partial charge in [-0.15, -0.1) is 5.10 Å². The maximum absolute atomic E-state index is 13.1. The van der Waals surface area contributed by atoms with E-state index in [0.29, 0.717) is 17.6 Å². The second kappa shape index (κ2) is 8.20. The van der Waals surface area contributed by atoms with Gasteiger partial charge in [-0.2, -0.15) is 0 Å². The lowest BCUT2D eigenvalue weighted by atomic mass is 10.2. The lowest BCUT2D eigenvalue weighted by Crippen LogP contribution is -2.42. The Morgan fingerprint density at radius 1 is 1.18 bits per heavy atom. The molecule has 0 N–H and O–H groups in total. The number of anilines is 1. The van der Waals surface area contributed by atoms with Gasteiger partial charge in [0.2, 0.25) is 11.1 Å². The third kappa shape index (κ3) is 4.22. The number of tetrazole rings is 1. The van der Waals surface area contributed by atoms with Crippen LogP contribution in [0.3, 0.4) is 0 Å². The number of nitrogens with zero attached hydrogens (tertiary/aromatic N) is 5. The molecular weight excluding hydrogens is 398 g/mol. The van der Waals surface area contributed by atoms with Crippen LogP contribution in [0.15, 0.2) is 35.5 Å². The van der Waals surface area contributed by atoms with E-state index in [2.05, 4.69) is 15.5 Å². The lowest BCUT2D eigenvalue weighted by Gasteiger charge is -2.28. The number of carbonyl (C=O) groups is 1. The van der Waals surface area contributed by atoms with Gasteiger partial charge >= 0.3 is 0 Å². The van der Waals surface area contributed by atoms with E-state index in [1.807, 2.05) is 35.0 Å². The van der Waals surface area contributed by atoms with E-state index in [-0.39, 0.29) is 29.2 Å². The molecule has 0 bridgehead atoms. The maximum Gasteiger partial charge on any atom is 0.237 e. The molecule has 0 spiro atoms. The number of rotatable bonds is 6. The van der Waals surface area contributed by atoms with E-state index in [0.717, 1.165) is 18.5 Å². The summed E-state index contributed by atoms with van der Waals surface area (Å²) in [6.07, 6.45) is 4.93. The summed E-state index contributed by atoms with van der Waals surface area (Å²) in [5.74, 6) is 0.178. The molecule has 1 atom stereocenters. The molecule has 1 aliphatic heterocycles. The predicted molar refractivity (Wildman–Crippen MR) is 107 cm³/mol. The molecule has 1 aromatic heterocycles. The summed E-state index contributed by atoms with van der Waals surface area (Å²) in [6, 6.07) is 9.25. The summed E-state index contributed by atoms with van der Waals surface area (Å²) < 4.78 is 25.8. The summed E-state index contributed by atoms with van der Waals surface area (Å²) in [5.41, 5.74) is 0.727. The Labute approximate surface area is 168 Å². The van der Waals surface area contributed by atoms with Crippen molar-refractivity contribution < 1.29 is 13.2 Å². The Morgan fingerprint density at radius 3 is 2.61 bits per heavy atom. The molecule has 1 amide bonds. The van der Waals surface area contributed by atoms with Crippen LogP contribution in [0.4, 0.5) is 5.69 Å². The zero-order valence-corrected chi connectivity index (χ0v) is 17.1. The Bertz CT molecular complexity index is 926. The minimum atomic E-state index is -3.10. The van der Waals surface area contributed by atoms with Crippen LogP contribution in [0.1, 0.15) is 38.1 Å². The van der Waals surface area contributed by atoms with Gasteiger partial charge in [0.25, 0.3) is 0 Å². The minimum absolute atomic E-state index is 0.0120. The van der Waals surface area contributed by atoms with Crippen molar-refractivity contribution in [3.8, 4) is 0 Å². The molecule has 1 saturated carbocycles. The van der Waals surface area contributed by atoms with E-state index in [1.54, 1.807) is 4.90 Å². The summed E-state index contributed by atoms with van der Waals surface area (Å²) in [5, 5.41) is 12.6. The summed E-state index contributed by atoms with van der Waals surface area (Å²) in [7, 11) is -3.10. The molecule has 10 heteroatoms. The van der Waals surface area contributed by atoms with Gasteiger partial charge < -0.3 is 4.90 Å². The highest BCUT2D eigenvalue weighted by Crippen LogP contribution is 2.32. The zero-order valence-electron chi connectivity index (χ0n) is 15.5. The van der Waals surface area contributed by atoms with E-state index in [9.17, 15) is 13.2 Å². The number of benzene rings is 1. The summed E-state index contributed by atoms with van der Waals surface area (Å²) in [6.45, 7) is 0. The van der Waals surface area contributed by atoms with E-state index in [4.69, 9.17) is 0 Å². The monoisotopic (exact) mass is 421 g/mol. The molecule has 0 radical (unpaired) electrons. The minimum Gasteiger partial charge on any atom is -0.308 e. The van der Waals surface area contributed by atoms with Gasteiger partial charge in [-0.25, -0.2) is 13.1 Å². The molecule has 8 nitrogen and oxygen atoms in total. The Hall–Kier alpha value is -1.94. The van der Waals surface area contributed by atoms with Crippen LogP contribution in [0.2, 0.25) is 0 Å². The fourth-order valence-electron chi connectivity index (χ4n) is 3.98. The van der Waals surface area contributed by atoms with Crippen LogP contribution >= 0.6 is 11.8 Å². The third-order valence-corrected chi connectivity index (χ3v) is 8.00. The fourth-order valence-corrected chi connectivity index (χ4v) is 6.48. The van der Waals surface area contributed by atoms with Crippen molar-refractivity contribution in [3.05, 3.63) is 30.3 Å². The molecule has 4 rings (SSSR count). The second-order valence-electron chi connectivity index (χ2n) is 7.29. The van der Waals surface area contributed by atoms with Gasteiger partial charge in [0.1, 0.15) is 0 Å². The smallest absolute Gasteiger partial charge is 0.237 e. The SMILES string of the molecule is O=C(CSc1nnnn1C1CCCC1)N(c1ccccc1)[C@@H]1CCS(=O)(=O)C1. The first-order valence-corrected chi connectivity index (χ1v) is 12.3. The summed E-state index contributed by atoms with van der Waals surface area (Å²) in [4.78, 5) is 14.7. The van der Waals surface area contributed by atoms with Gasteiger partial charge in [-0.05, 0) is 41.8 Å². The number of carbonyl (C=O) groups excluding carboxylic acids is 1. The molecule has 28 heavy (non-hydrogen) atoms. The first-order chi connectivity index (χ1) is 13.5. The van der Waals surface area contributed by atoms with Gasteiger partial charge in [-0.3, -0.25) is 4.79 Å². The Kier molecular flexibility index (Phi) is 5.68. The largest absolute Gasteiger partial charge is 0.308 e. The molecular formula is C18H23N5O3S2. The molecule has 2 fully saturated rings. The number of thioether (sulfide) groups is 1. The number of para-hydroxylation sites is 1. The van der Waals surface area contributed by atoms with E-state index < -0.39 is 9.84 Å². The van der Waals surface area contributed by atoms with Crippen LogP contribution in [0, 0.1) is 0 Å². The van der Waals surface area contributed by atoms with Crippen molar-refractivity contribution in [1.29, 1.82) is 0 Å². The average molecular weight is 422 g/mol. The van der Waals surface area contributed by atoms with Crippen molar-refractivity contribution >= 4 is 33.2 Å². The van der Waals surface area contributed by atoms with Gasteiger partial charge in [0.05, 0.1) is 29.3 Å². The number of hydrogen-bond acceptors (Lipinski definition) is 7. The zero-order chi connectivity index (χ0) is 19.6. The number of amides is 1. The molecule has 1 saturated heterocycles. The van der Waals surface area contributed by atoms with Crippen LogP contribution < -0.4 is 4.90 Å². The highest BCUT2D eigenvalue weighted by atomic mass is 32.2. The van der Waals surface area contributed by atoms with Crippen LogP contribution in [0.25, 0.3) is 0 Å². The quantitative estimate of drug-likeness (QED) is 0.659. The van der Waals surface area contributed by atoms with Crippen molar-refractivity contribution in [3.63, 3.8) is 0 Å². The fraction of sp³-hybridized carbons (Fsp3) is 0.556. The standard InChI is InChI=1S/C18H23N5O3S2/c24-17(12-27-18-19-20-21-23(18)15-8-4-5-9-15)22(14-6-2-1-3-7-14)16-10-11-28(25,26)13-16/h1-3,6-7,15-16H,4-5,8-13H2/t16-/m1/s1. The Balaban J connectivity index is 1.50.